The molecule has 6 nitrogen and oxygen atoms in total. The Morgan fingerprint density at radius 1 is 1.29 bits per heavy atom. The van der Waals surface area contributed by atoms with Crippen LogP contribution >= 0.6 is 11.5 Å². The van der Waals surface area contributed by atoms with Crippen molar-refractivity contribution >= 4 is 39.4 Å². The number of para-hydroxylation sites is 1. The van der Waals surface area contributed by atoms with E-state index in [2.05, 4.69) is 9.69 Å². The Balaban J connectivity index is 1.92. The summed E-state index contributed by atoms with van der Waals surface area (Å²) in [6, 6.07) is 7.43. The highest BCUT2D eigenvalue weighted by Crippen LogP contribution is 2.29. The van der Waals surface area contributed by atoms with Crippen LogP contribution in [-0.4, -0.2) is 22.9 Å². The van der Waals surface area contributed by atoms with Gasteiger partial charge in [-0.1, -0.05) is 18.2 Å². The molecule has 1 aromatic carbocycles. The normalized spacial score (nSPS) is 10.8. The van der Waals surface area contributed by atoms with Crippen molar-refractivity contribution < 1.29 is 18.7 Å². The summed E-state index contributed by atoms with van der Waals surface area (Å²) in [6.45, 7) is 5.50. The Morgan fingerprint density at radius 2 is 2.04 bits per heavy atom. The van der Waals surface area contributed by atoms with Gasteiger partial charge in [-0.2, -0.15) is 4.37 Å². The van der Waals surface area contributed by atoms with Crippen molar-refractivity contribution in [2.24, 2.45) is 0 Å². The number of nitrogens with one attached hydrogen (secondary N) is 1. The second kappa shape index (κ2) is 6.45. The summed E-state index contributed by atoms with van der Waals surface area (Å²) in [4.78, 5) is 24.6. The van der Waals surface area contributed by atoms with Crippen molar-refractivity contribution in [1.82, 2.24) is 4.37 Å². The van der Waals surface area contributed by atoms with Gasteiger partial charge >= 0.3 is 5.97 Å². The average Bonchev–Trinajstić information content (AvgIpc) is 3.09. The van der Waals surface area contributed by atoms with Crippen LogP contribution in [0.2, 0.25) is 0 Å². The summed E-state index contributed by atoms with van der Waals surface area (Å²) in [6.07, 6.45) is 0. The van der Waals surface area contributed by atoms with E-state index in [1.54, 1.807) is 19.9 Å². The molecule has 0 saturated carbocycles. The highest BCUT2D eigenvalue weighted by molar-refractivity contribution is 7.11. The number of fused-ring (bicyclic) bond motifs is 1. The fraction of sp³-hybridized carbons (Fsp3) is 0.235. The SMILES string of the molecule is CCOC(=O)c1c(C)nsc1NC(=O)c1oc2ccccc2c1C. The first kappa shape index (κ1) is 16.2. The third kappa shape index (κ3) is 2.78. The molecule has 124 valence electrons. The van der Waals surface area contributed by atoms with Gasteiger partial charge < -0.3 is 14.5 Å². The summed E-state index contributed by atoms with van der Waals surface area (Å²) in [5, 5.41) is 3.95. The van der Waals surface area contributed by atoms with Crippen molar-refractivity contribution in [1.29, 1.82) is 0 Å². The number of rotatable bonds is 4. The quantitative estimate of drug-likeness (QED) is 0.725. The van der Waals surface area contributed by atoms with E-state index in [-0.39, 0.29) is 17.9 Å². The van der Waals surface area contributed by atoms with Gasteiger partial charge in [0.2, 0.25) is 0 Å². The average molecular weight is 344 g/mol. The molecule has 0 aliphatic carbocycles. The molecule has 2 heterocycles. The number of carbonyl (C=O) groups is 2. The van der Waals surface area contributed by atoms with Gasteiger partial charge in [0.15, 0.2) is 5.76 Å². The Hall–Kier alpha value is -2.67. The van der Waals surface area contributed by atoms with E-state index in [1.807, 2.05) is 25.1 Å². The van der Waals surface area contributed by atoms with Crippen molar-refractivity contribution in [2.75, 3.05) is 11.9 Å². The molecule has 0 unspecified atom stereocenters. The molecule has 0 radical (unpaired) electrons. The van der Waals surface area contributed by atoms with Crippen LogP contribution in [0.5, 0.6) is 0 Å². The lowest BCUT2D eigenvalue weighted by Crippen LogP contribution is -2.15. The first-order chi connectivity index (χ1) is 11.5. The van der Waals surface area contributed by atoms with Crippen LogP contribution in [0.3, 0.4) is 0 Å². The number of benzene rings is 1. The Morgan fingerprint density at radius 3 is 2.75 bits per heavy atom. The van der Waals surface area contributed by atoms with E-state index in [4.69, 9.17) is 9.15 Å². The van der Waals surface area contributed by atoms with Gasteiger partial charge in [-0.05, 0) is 38.4 Å². The fourth-order valence-electron chi connectivity index (χ4n) is 2.45. The third-order valence-electron chi connectivity index (χ3n) is 3.62. The number of furan rings is 1. The van der Waals surface area contributed by atoms with Crippen LogP contribution in [0.15, 0.2) is 28.7 Å². The molecule has 7 heteroatoms. The fourth-order valence-corrected chi connectivity index (χ4v) is 3.23. The predicted octanol–water partition coefficient (Wildman–Crippen LogP) is 3.94. The van der Waals surface area contributed by atoms with Gasteiger partial charge in [-0.3, -0.25) is 4.79 Å². The zero-order valence-electron chi connectivity index (χ0n) is 13.5. The summed E-state index contributed by atoms with van der Waals surface area (Å²) in [7, 11) is 0. The Labute approximate surface area is 142 Å². The van der Waals surface area contributed by atoms with Crippen LogP contribution in [-0.2, 0) is 4.74 Å². The number of hydrogen-bond acceptors (Lipinski definition) is 6. The molecule has 0 aliphatic heterocycles. The van der Waals surface area contributed by atoms with Crippen LogP contribution in [0.25, 0.3) is 11.0 Å². The maximum atomic E-state index is 12.6. The maximum Gasteiger partial charge on any atom is 0.343 e. The van der Waals surface area contributed by atoms with Gasteiger partial charge in [0.25, 0.3) is 5.91 Å². The molecule has 3 aromatic rings. The number of amides is 1. The number of aryl methyl sites for hydroxylation is 2. The second-order valence-corrected chi connectivity index (χ2v) is 5.97. The molecule has 1 amide bonds. The third-order valence-corrected chi connectivity index (χ3v) is 4.47. The second-order valence-electron chi connectivity index (χ2n) is 5.20. The Kier molecular flexibility index (Phi) is 4.35. The van der Waals surface area contributed by atoms with Crippen LogP contribution in [0.1, 0.15) is 39.1 Å². The number of esters is 1. The van der Waals surface area contributed by atoms with E-state index in [1.165, 1.54) is 0 Å². The standard InChI is InChI=1S/C17H16N2O4S/c1-4-22-17(21)13-10(3)19-24-16(13)18-15(20)14-9(2)11-7-5-6-8-12(11)23-14/h5-8H,4H2,1-3H3,(H,18,20). The molecule has 24 heavy (non-hydrogen) atoms. The number of anilines is 1. The van der Waals surface area contributed by atoms with Crippen molar-refractivity contribution in [3.05, 3.63) is 46.8 Å². The van der Waals surface area contributed by atoms with E-state index in [0.717, 1.165) is 22.5 Å². The smallest absolute Gasteiger partial charge is 0.343 e. The molecular formula is C17H16N2O4S. The Bertz CT molecular complexity index is 926. The lowest BCUT2D eigenvalue weighted by Gasteiger charge is -2.05. The van der Waals surface area contributed by atoms with Gasteiger partial charge in [0, 0.05) is 10.9 Å². The summed E-state index contributed by atoms with van der Waals surface area (Å²) in [5.41, 5.74) is 2.20. The largest absolute Gasteiger partial charge is 0.462 e. The molecule has 0 atom stereocenters. The zero-order chi connectivity index (χ0) is 17.3. The summed E-state index contributed by atoms with van der Waals surface area (Å²) >= 11 is 1.04. The molecule has 0 aliphatic rings. The van der Waals surface area contributed by atoms with E-state index in [9.17, 15) is 9.59 Å². The molecule has 1 N–H and O–H groups in total. The predicted molar refractivity (Wildman–Crippen MR) is 91.7 cm³/mol. The number of aromatic nitrogens is 1. The molecule has 0 fully saturated rings. The minimum Gasteiger partial charge on any atom is -0.462 e. The van der Waals surface area contributed by atoms with Crippen LogP contribution in [0, 0.1) is 13.8 Å². The van der Waals surface area contributed by atoms with Gasteiger partial charge in [-0.15, -0.1) is 0 Å². The zero-order valence-corrected chi connectivity index (χ0v) is 14.3. The topological polar surface area (TPSA) is 81.4 Å². The van der Waals surface area contributed by atoms with Crippen molar-refractivity contribution in [3.8, 4) is 0 Å². The molecule has 2 aromatic heterocycles. The summed E-state index contributed by atoms with van der Waals surface area (Å²) < 4.78 is 14.8. The lowest BCUT2D eigenvalue weighted by molar-refractivity contribution is 0.0527. The van der Waals surface area contributed by atoms with Crippen LogP contribution in [0.4, 0.5) is 5.00 Å². The number of hydrogen-bond donors (Lipinski definition) is 1. The highest BCUT2D eigenvalue weighted by atomic mass is 32.1. The number of ether oxygens (including phenoxy) is 1. The minimum atomic E-state index is -0.500. The molecule has 0 saturated heterocycles. The molecule has 0 spiro atoms. The van der Waals surface area contributed by atoms with Gasteiger partial charge in [0.1, 0.15) is 16.1 Å². The lowest BCUT2D eigenvalue weighted by atomic mass is 10.1. The first-order valence-electron chi connectivity index (χ1n) is 7.45. The van der Waals surface area contributed by atoms with Crippen LogP contribution < -0.4 is 5.32 Å². The van der Waals surface area contributed by atoms with Crippen molar-refractivity contribution in [2.45, 2.75) is 20.8 Å². The van der Waals surface area contributed by atoms with E-state index >= 15 is 0 Å². The minimum absolute atomic E-state index is 0.220. The number of carbonyl (C=O) groups excluding carboxylic acids is 2. The molecule has 0 bridgehead atoms. The molecular weight excluding hydrogens is 328 g/mol. The highest BCUT2D eigenvalue weighted by Gasteiger charge is 2.24. The van der Waals surface area contributed by atoms with E-state index < -0.39 is 11.9 Å². The van der Waals surface area contributed by atoms with Crippen molar-refractivity contribution in [3.63, 3.8) is 0 Å². The monoisotopic (exact) mass is 344 g/mol. The summed E-state index contributed by atoms with van der Waals surface area (Å²) in [5.74, 6) is -0.699. The first-order valence-corrected chi connectivity index (χ1v) is 8.23. The van der Waals surface area contributed by atoms with E-state index in [0.29, 0.717) is 16.3 Å². The number of nitrogens with zero attached hydrogens (tertiary/aromatic N) is 1. The van der Waals surface area contributed by atoms with Gasteiger partial charge in [0.05, 0.1) is 12.3 Å². The maximum absolute atomic E-state index is 12.6. The van der Waals surface area contributed by atoms with Gasteiger partial charge in [-0.25, -0.2) is 4.79 Å². The molecule has 3 rings (SSSR count).